The summed E-state index contributed by atoms with van der Waals surface area (Å²) in [6.07, 6.45) is 0. The molecule has 0 nitrogen and oxygen atoms in total. The number of aryl methyl sites for hydroxylation is 2. The lowest BCUT2D eigenvalue weighted by Crippen LogP contribution is -2.10. The third kappa shape index (κ3) is 5.16. The predicted molar refractivity (Wildman–Crippen MR) is 185 cm³/mol. The van der Waals surface area contributed by atoms with Crippen LogP contribution in [0.15, 0.2) is 109 Å². The Morgan fingerprint density at radius 1 is 0.333 bits per heavy atom. The highest BCUT2D eigenvalue weighted by Gasteiger charge is 2.20. The van der Waals surface area contributed by atoms with Gasteiger partial charge in [0.2, 0.25) is 0 Å². The van der Waals surface area contributed by atoms with Crippen molar-refractivity contribution < 1.29 is 0 Å². The van der Waals surface area contributed by atoms with Crippen molar-refractivity contribution in [2.45, 2.75) is 66.2 Å². The molecule has 0 N–H and O–H groups in total. The summed E-state index contributed by atoms with van der Waals surface area (Å²) in [6, 6.07) is 41.5. The number of rotatable bonds is 3. The van der Waals surface area contributed by atoms with Gasteiger partial charge in [0.05, 0.1) is 0 Å². The van der Waals surface area contributed by atoms with Crippen LogP contribution in [0.25, 0.3) is 54.9 Å². The largest absolute Gasteiger partial charge is 0.0587 e. The third-order valence-electron chi connectivity index (χ3n) is 8.74. The van der Waals surface area contributed by atoms with Gasteiger partial charge in [0.15, 0.2) is 0 Å². The van der Waals surface area contributed by atoms with Crippen LogP contribution >= 0.6 is 0 Å². The van der Waals surface area contributed by atoms with Crippen molar-refractivity contribution in [3.63, 3.8) is 0 Å². The van der Waals surface area contributed by atoms with E-state index in [1.807, 2.05) is 0 Å². The van der Waals surface area contributed by atoms with E-state index in [0.717, 1.165) is 0 Å². The predicted octanol–water partition coefficient (Wildman–Crippen LogP) is 12.2. The molecule has 0 amide bonds. The van der Waals surface area contributed by atoms with Crippen molar-refractivity contribution in [1.29, 1.82) is 0 Å². The molecule has 0 heteroatoms. The molecule has 6 rings (SSSR count). The molecule has 0 heterocycles. The Morgan fingerprint density at radius 3 is 1.19 bits per heavy atom. The second-order valence-corrected chi connectivity index (χ2v) is 14.1. The Hall–Kier alpha value is -4.16. The summed E-state index contributed by atoms with van der Waals surface area (Å²) in [5.41, 5.74) is 13.1. The molecular formula is C42H42. The molecule has 210 valence electrons. The Labute approximate surface area is 252 Å². The monoisotopic (exact) mass is 546 g/mol. The van der Waals surface area contributed by atoms with Gasteiger partial charge in [-0.1, -0.05) is 156 Å². The molecule has 6 aromatic rings. The Bertz CT molecular complexity index is 1900. The fourth-order valence-electron chi connectivity index (χ4n) is 6.16. The molecule has 0 radical (unpaired) electrons. The maximum absolute atomic E-state index is 2.42. The standard InChI is InChI=1S/C42H42/c1-27-9-12-29(13-10-27)32-18-24-36-38(26-32)40(31-16-21-34(22-17-31)42(6,7)8)35-23-11-28(2)25-37(35)39(36)30-14-19-33(20-15-30)41(3,4)5/h9-26H,1-8H3. The Kier molecular flexibility index (Phi) is 6.85. The van der Waals surface area contributed by atoms with Gasteiger partial charge in [0, 0.05) is 0 Å². The summed E-state index contributed by atoms with van der Waals surface area (Å²) >= 11 is 0. The van der Waals surface area contributed by atoms with Gasteiger partial charge in [0.25, 0.3) is 0 Å². The van der Waals surface area contributed by atoms with E-state index in [1.165, 1.54) is 77.2 Å². The summed E-state index contributed by atoms with van der Waals surface area (Å²) in [5.74, 6) is 0. The van der Waals surface area contributed by atoms with E-state index < -0.39 is 0 Å². The fourth-order valence-corrected chi connectivity index (χ4v) is 6.16. The summed E-state index contributed by atoms with van der Waals surface area (Å²) < 4.78 is 0. The molecule has 0 aromatic heterocycles. The van der Waals surface area contributed by atoms with E-state index in [0.29, 0.717) is 0 Å². The molecule has 42 heavy (non-hydrogen) atoms. The van der Waals surface area contributed by atoms with Gasteiger partial charge in [-0.3, -0.25) is 0 Å². The van der Waals surface area contributed by atoms with E-state index >= 15 is 0 Å². The zero-order valence-electron chi connectivity index (χ0n) is 26.4. The smallest absolute Gasteiger partial charge is 0.00261 e. The van der Waals surface area contributed by atoms with Crippen LogP contribution in [0.4, 0.5) is 0 Å². The second kappa shape index (κ2) is 10.3. The van der Waals surface area contributed by atoms with Gasteiger partial charge in [0.1, 0.15) is 0 Å². The first kappa shape index (κ1) is 28.0. The van der Waals surface area contributed by atoms with Crippen LogP contribution in [-0.2, 0) is 10.8 Å². The highest BCUT2D eigenvalue weighted by atomic mass is 14.2. The van der Waals surface area contributed by atoms with Crippen LogP contribution in [0.1, 0.15) is 63.8 Å². The minimum Gasteiger partial charge on any atom is -0.0587 e. The molecule has 6 aromatic carbocycles. The molecule has 0 aliphatic carbocycles. The summed E-state index contributed by atoms with van der Waals surface area (Å²) in [4.78, 5) is 0. The lowest BCUT2D eigenvalue weighted by Gasteiger charge is -2.22. The maximum Gasteiger partial charge on any atom is -0.00261 e. The van der Waals surface area contributed by atoms with Gasteiger partial charge in [-0.05, 0) is 96.8 Å². The van der Waals surface area contributed by atoms with Gasteiger partial charge >= 0.3 is 0 Å². The molecule has 0 aliphatic rings. The Balaban J connectivity index is 1.71. The lowest BCUT2D eigenvalue weighted by molar-refractivity contribution is 0.590. The van der Waals surface area contributed by atoms with Crippen molar-refractivity contribution in [2.75, 3.05) is 0 Å². The van der Waals surface area contributed by atoms with Gasteiger partial charge in [-0.25, -0.2) is 0 Å². The van der Waals surface area contributed by atoms with Crippen LogP contribution in [-0.4, -0.2) is 0 Å². The first-order valence-corrected chi connectivity index (χ1v) is 15.2. The minimum atomic E-state index is 0.113. The van der Waals surface area contributed by atoms with E-state index in [9.17, 15) is 0 Å². The molecule has 0 aliphatic heterocycles. The van der Waals surface area contributed by atoms with Crippen LogP contribution < -0.4 is 0 Å². The fraction of sp³-hybridized carbons (Fsp3) is 0.238. The zero-order valence-corrected chi connectivity index (χ0v) is 26.4. The van der Waals surface area contributed by atoms with Crippen LogP contribution in [0.3, 0.4) is 0 Å². The highest BCUT2D eigenvalue weighted by Crippen LogP contribution is 2.45. The van der Waals surface area contributed by atoms with Crippen LogP contribution in [0, 0.1) is 13.8 Å². The number of fused-ring (bicyclic) bond motifs is 2. The van der Waals surface area contributed by atoms with Crippen molar-refractivity contribution in [2.24, 2.45) is 0 Å². The van der Waals surface area contributed by atoms with Gasteiger partial charge in [-0.15, -0.1) is 0 Å². The molecule has 0 bridgehead atoms. The number of benzene rings is 6. The molecule has 0 atom stereocenters. The summed E-state index contributed by atoms with van der Waals surface area (Å²) in [5, 5.41) is 5.20. The van der Waals surface area contributed by atoms with Crippen molar-refractivity contribution in [3.8, 4) is 33.4 Å². The third-order valence-corrected chi connectivity index (χ3v) is 8.74. The SMILES string of the molecule is Cc1ccc(-c2ccc3c(-c4ccc(C(C)(C)C)cc4)c4cc(C)ccc4c(-c4ccc(C(C)(C)C)cc4)c3c2)cc1. The summed E-state index contributed by atoms with van der Waals surface area (Å²) in [7, 11) is 0. The molecule has 0 spiro atoms. The highest BCUT2D eigenvalue weighted by molar-refractivity contribution is 6.22. The van der Waals surface area contributed by atoms with Gasteiger partial charge < -0.3 is 0 Å². The molecule has 0 fully saturated rings. The average Bonchev–Trinajstić information content (AvgIpc) is 2.95. The first-order valence-electron chi connectivity index (χ1n) is 15.2. The molecule has 0 saturated carbocycles. The zero-order chi connectivity index (χ0) is 29.8. The van der Waals surface area contributed by atoms with Gasteiger partial charge in [-0.2, -0.15) is 0 Å². The topological polar surface area (TPSA) is 0 Å². The van der Waals surface area contributed by atoms with E-state index in [-0.39, 0.29) is 10.8 Å². The quantitative estimate of drug-likeness (QED) is 0.194. The van der Waals surface area contributed by atoms with Crippen LogP contribution in [0.2, 0.25) is 0 Å². The van der Waals surface area contributed by atoms with E-state index in [2.05, 4.69) is 165 Å². The Morgan fingerprint density at radius 2 is 0.714 bits per heavy atom. The maximum atomic E-state index is 2.42. The summed E-state index contributed by atoms with van der Waals surface area (Å²) in [6.45, 7) is 18.0. The normalized spacial score (nSPS) is 12.3. The number of hydrogen-bond donors (Lipinski definition) is 0. The second-order valence-electron chi connectivity index (χ2n) is 14.1. The van der Waals surface area contributed by atoms with Crippen molar-refractivity contribution >= 4 is 21.5 Å². The van der Waals surface area contributed by atoms with E-state index in [1.54, 1.807) is 0 Å². The number of hydrogen-bond acceptors (Lipinski definition) is 0. The lowest BCUT2D eigenvalue weighted by atomic mass is 9.82. The molecule has 0 unspecified atom stereocenters. The van der Waals surface area contributed by atoms with Crippen molar-refractivity contribution in [1.82, 2.24) is 0 Å². The average molecular weight is 547 g/mol. The van der Waals surface area contributed by atoms with E-state index in [4.69, 9.17) is 0 Å². The molecular weight excluding hydrogens is 504 g/mol. The first-order chi connectivity index (χ1) is 19.9. The minimum absolute atomic E-state index is 0.113. The molecule has 0 saturated heterocycles. The van der Waals surface area contributed by atoms with Crippen LogP contribution in [0.5, 0.6) is 0 Å². The van der Waals surface area contributed by atoms with Crippen molar-refractivity contribution in [3.05, 3.63) is 131 Å².